The smallest absolute Gasteiger partial charge is 0.139 e. The number of hydrogen-bond donors (Lipinski definition) is 1. The summed E-state index contributed by atoms with van der Waals surface area (Å²) in [6.45, 7) is 7.14. The number of benzene rings is 1. The fourth-order valence-electron chi connectivity index (χ4n) is 2.20. The van der Waals surface area contributed by atoms with Crippen molar-refractivity contribution >= 4 is 15.9 Å². The standard InChI is InChI=1S/C17H22BrNO2/c1-4-9-19-16(17-15(18)8-10-20-17)13-6-5-7-14(11-13)21-12(2)3/h5-8,10-12,16,19H,4,9H2,1-3H3. The van der Waals surface area contributed by atoms with Crippen molar-refractivity contribution in [1.82, 2.24) is 5.32 Å². The van der Waals surface area contributed by atoms with Gasteiger partial charge in [-0.2, -0.15) is 0 Å². The van der Waals surface area contributed by atoms with E-state index in [1.54, 1.807) is 6.26 Å². The van der Waals surface area contributed by atoms with E-state index in [2.05, 4.69) is 40.3 Å². The van der Waals surface area contributed by atoms with Crippen LogP contribution in [-0.2, 0) is 0 Å². The summed E-state index contributed by atoms with van der Waals surface area (Å²) in [5, 5.41) is 3.53. The SMILES string of the molecule is CCCNC(c1cccc(OC(C)C)c1)c1occc1Br. The van der Waals surface area contributed by atoms with Gasteiger partial charge in [0.2, 0.25) is 0 Å². The number of rotatable bonds is 7. The lowest BCUT2D eigenvalue weighted by molar-refractivity contribution is 0.242. The van der Waals surface area contributed by atoms with Crippen molar-refractivity contribution in [3.63, 3.8) is 0 Å². The molecule has 0 aliphatic heterocycles. The average molecular weight is 352 g/mol. The molecule has 2 aromatic rings. The molecule has 1 unspecified atom stereocenters. The second kappa shape index (κ2) is 7.66. The van der Waals surface area contributed by atoms with Crippen LogP contribution in [0.2, 0.25) is 0 Å². The molecule has 2 rings (SSSR count). The van der Waals surface area contributed by atoms with Crippen LogP contribution in [0.5, 0.6) is 5.75 Å². The summed E-state index contributed by atoms with van der Waals surface area (Å²) in [6, 6.07) is 10.1. The number of ether oxygens (including phenoxy) is 1. The first-order valence-electron chi connectivity index (χ1n) is 7.34. The van der Waals surface area contributed by atoms with Crippen LogP contribution >= 0.6 is 15.9 Å². The van der Waals surface area contributed by atoms with E-state index in [9.17, 15) is 0 Å². The molecule has 1 atom stereocenters. The first kappa shape index (κ1) is 16.1. The Bertz CT molecular complexity index is 565. The van der Waals surface area contributed by atoms with Crippen molar-refractivity contribution in [3.05, 3.63) is 52.4 Å². The van der Waals surface area contributed by atoms with Gasteiger partial charge in [-0.1, -0.05) is 19.1 Å². The van der Waals surface area contributed by atoms with Crippen LogP contribution in [0.1, 0.15) is 44.6 Å². The number of nitrogens with one attached hydrogen (secondary N) is 1. The van der Waals surface area contributed by atoms with Crippen LogP contribution < -0.4 is 10.1 Å². The summed E-state index contributed by atoms with van der Waals surface area (Å²) in [7, 11) is 0. The Morgan fingerprint density at radius 3 is 2.71 bits per heavy atom. The third kappa shape index (κ3) is 4.35. The minimum atomic E-state index is 0.0186. The quantitative estimate of drug-likeness (QED) is 0.768. The molecule has 0 fully saturated rings. The van der Waals surface area contributed by atoms with E-state index >= 15 is 0 Å². The number of furan rings is 1. The summed E-state index contributed by atoms with van der Waals surface area (Å²) in [4.78, 5) is 0. The molecule has 0 spiro atoms. The molecular weight excluding hydrogens is 330 g/mol. The van der Waals surface area contributed by atoms with Gasteiger partial charge in [-0.05, 0) is 66.5 Å². The Morgan fingerprint density at radius 2 is 2.10 bits per heavy atom. The van der Waals surface area contributed by atoms with Gasteiger partial charge < -0.3 is 14.5 Å². The zero-order valence-corrected chi connectivity index (χ0v) is 14.3. The van der Waals surface area contributed by atoms with Crippen LogP contribution in [0.3, 0.4) is 0 Å². The van der Waals surface area contributed by atoms with Gasteiger partial charge in [0.1, 0.15) is 11.5 Å². The van der Waals surface area contributed by atoms with E-state index in [4.69, 9.17) is 9.15 Å². The monoisotopic (exact) mass is 351 g/mol. The van der Waals surface area contributed by atoms with Crippen LogP contribution in [-0.4, -0.2) is 12.6 Å². The van der Waals surface area contributed by atoms with Gasteiger partial charge in [0.25, 0.3) is 0 Å². The van der Waals surface area contributed by atoms with E-state index in [0.29, 0.717) is 0 Å². The Labute approximate surface area is 134 Å². The highest BCUT2D eigenvalue weighted by Gasteiger charge is 2.20. The fraction of sp³-hybridized carbons (Fsp3) is 0.412. The second-order valence-corrected chi connectivity index (χ2v) is 6.11. The van der Waals surface area contributed by atoms with Gasteiger partial charge in [0.15, 0.2) is 0 Å². The maximum absolute atomic E-state index is 5.79. The van der Waals surface area contributed by atoms with Crippen LogP contribution in [0.25, 0.3) is 0 Å². The maximum atomic E-state index is 5.79. The second-order valence-electron chi connectivity index (χ2n) is 5.26. The third-order valence-electron chi connectivity index (χ3n) is 3.07. The molecule has 1 aromatic heterocycles. The Kier molecular flexibility index (Phi) is 5.88. The van der Waals surface area contributed by atoms with Gasteiger partial charge in [-0.25, -0.2) is 0 Å². The molecule has 0 aliphatic carbocycles. The Morgan fingerprint density at radius 1 is 1.29 bits per heavy atom. The largest absolute Gasteiger partial charge is 0.491 e. The van der Waals surface area contributed by atoms with Crippen molar-refractivity contribution in [1.29, 1.82) is 0 Å². The summed E-state index contributed by atoms with van der Waals surface area (Å²) in [5.74, 6) is 1.78. The summed E-state index contributed by atoms with van der Waals surface area (Å²) in [6.07, 6.45) is 2.93. The fourth-order valence-corrected chi connectivity index (χ4v) is 2.63. The molecule has 114 valence electrons. The maximum Gasteiger partial charge on any atom is 0.139 e. The molecular formula is C17H22BrNO2. The molecule has 21 heavy (non-hydrogen) atoms. The van der Waals surface area contributed by atoms with Crippen LogP contribution in [0, 0.1) is 0 Å². The van der Waals surface area contributed by atoms with Crippen molar-refractivity contribution in [3.8, 4) is 5.75 Å². The molecule has 4 heteroatoms. The molecule has 0 radical (unpaired) electrons. The normalized spacial score (nSPS) is 12.6. The summed E-state index contributed by atoms with van der Waals surface area (Å²) in [5.41, 5.74) is 1.14. The van der Waals surface area contributed by atoms with Gasteiger partial charge in [0.05, 0.1) is 22.9 Å². The van der Waals surface area contributed by atoms with Crippen molar-refractivity contribution in [2.45, 2.75) is 39.3 Å². The summed E-state index contributed by atoms with van der Waals surface area (Å²) >= 11 is 3.55. The zero-order chi connectivity index (χ0) is 15.2. The zero-order valence-electron chi connectivity index (χ0n) is 12.7. The van der Waals surface area contributed by atoms with E-state index in [1.807, 2.05) is 32.0 Å². The minimum Gasteiger partial charge on any atom is -0.491 e. The van der Waals surface area contributed by atoms with E-state index < -0.39 is 0 Å². The van der Waals surface area contributed by atoms with E-state index in [-0.39, 0.29) is 12.1 Å². The number of halogens is 1. The lowest BCUT2D eigenvalue weighted by Crippen LogP contribution is -2.23. The van der Waals surface area contributed by atoms with Crippen molar-refractivity contribution in [2.75, 3.05) is 6.54 Å². The highest BCUT2D eigenvalue weighted by atomic mass is 79.9. The predicted molar refractivity (Wildman–Crippen MR) is 88.8 cm³/mol. The molecule has 0 saturated carbocycles. The molecule has 0 saturated heterocycles. The Balaban J connectivity index is 2.30. The predicted octanol–water partition coefficient (Wildman–Crippen LogP) is 4.92. The molecule has 1 N–H and O–H groups in total. The highest BCUT2D eigenvalue weighted by Crippen LogP contribution is 2.31. The lowest BCUT2D eigenvalue weighted by Gasteiger charge is -2.19. The van der Waals surface area contributed by atoms with Crippen LogP contribution in [0.4, 0.5) is 0 Å². The lowest BCUT2D eigenvalue weighted by atomic mass is 10.0. The van der Waals surface area contributed by atoms with Gasteiger partial charge in [-0.15, -0.1) is 0 Å². The molecule has 1 aromatic carbocycles. The first-order chi connectivity index (χ1) is 10.1. The first-order valence-corrected chi connectivity index (χ1v) is 8.14. The minimum absolute atomic E-state index is 0.0186. The molecule has 1 heterocycles. The molecule has 0 bridgehead atoms. The highest BCUT2D eigenvalue weighted by molar-refractivity contribution is 9.10. The molecule has 0 amide bonds. The average Bonchev–Trinajstić information content (AvgIpc) is 2.85. The van der Waals surface area contributed by atoms with Crippen molar-refractivity contribution in [2.24, 2.45) is 0 Å². The Hall–Kier alpha value is -1.26. The van der Waals surface area contributed by atoms with Crippen LogP contribution in [0.15, 0.2) is 45.5 Å². The van der Waals surface area contributed by atoms with Gasteiger partial charge in [-0.3, -0.25) is 0 Å². The molecule has 3 nitrogen and oxygen atoms in total. The third-order valence-corrected chi connectivity index (χ3v) is 3.72. The number of hydrogen-bond acceptors (Lipinski definition) is 3. The topological polar surface area (TPSA) is 34.4 Å². The van der Waals surface area contributed by atoms with Crippen molar-refractivity contribution < 1.29 is 9.15 Å². The van der Waals surface area contributed by atoms with E-state index in [0.717, 1.165) is 34.5 Å². The van der Waals surface area contributed by atoms with Gasteiger partial charge >= 0.3 is 0 Å². The van der Waals surface area contributed by atoms with E-state index in [1.165, 1.54) is 0 Å². The van der Waals surface area contributed by atoms with Gasteiger partial charge in [0, 0.05) is 0 Å². The molecule has 0 aliphatic rings. The summed E-state index contributed by atoms with van der Waals surface area (Å²) < 4.78 is 12.4.